The zero-order chi connectivity index (χ0) is 49.3. The molecule has 0 spiro atoms. The van der Waals surface area contributed by atoms with Gasteiger partial charge in [0.05, 0.1) is 0 Å². The highest BCUT2D eigenvalue weighted by Crippen LogP contribution is 2.16. The van der Waals surface area contributed by atoms with Gasteiger partial charge in [-0.2, -0.15) is 0 Å². The Morgan fingerprint density at radius 3 is 1.00 bits per heavy atom. The second kappa shape index (κ2) is 56.2. The topological polar surface area (TPSA) is 78.9 Å². The number of unbranched alkanes of at least 4 members (excludes halogenated alkanes) is 31. The third-order valence-electron chi connectivity index (χ3n) is 12.3. The van der Waals surface area contributed by atoms with Crippen LogP contribution in [0.1, 0.15) is 271 Å². The molecule has 6 heteroatoms. The van der Waals surface area contributed by atoms with Gasteiger partial charge in [-0.05, 0) is 57.8 Å². The summed E-state index contributed by atoms with van der Waals surface area (Å²) in [5, 5.41) is 0. The molecule has 0 aliphatic rings. The van der Waals surface area contributed by atoms with E-state index in [0.29, 0.717) is 19.3 Å². The summed E-state index contributed by atoms with van der Waals surface area (Å²) in [5.74, 6) is -0.971. The lowest BCUT2D eigenvalue weighted by molar-refractivity contribution is -0.167. The first-order chi connectivity index (χ1) is 33.5. The van der Waals surface area contributed by atoms with E-state index in [1.54, 1.807) is 0 Å². The maximum Gasteiger partial charge on any atom is 0.306 e. The van der Waals surface area contributed by atoms with Crippen LogP contribution in [0.2, 0.25) is 0 Å². The minimum Gasteiger partial charge on any atom is -0.462 e. The Labute approximate surface area is 420 Å². The molecule has 0 heterocycles. The second-order valence-corrected chi connectivity index (χ2v) is 19.0. The summed E-state index contributed by atoms with van der Waals surface area (Å²) in [5.41, 5.74) is 0. The molecule has 0 N–H and O–H groups in total. The highest BCUT2D eigenvalue weighted by molar-refractivity contribution is 5.71. The van der Waals surface area contributed by atoms with E-state index in [1.165, 1.54) is 173 Å². The molecule has 1 atom stereocenters. The lowest BCUT2D eigenvalue weighted by atomic mass is 10.0. The van der Waals surface area contributed by atoms with Gasteiger partial charge in [0.15, 0.2) is 6.10 Å². The predicted molar refractivity (Wildman–Crippen MR) is 293 cm³/mol. The number of ether oxygens (including phenoxy) is 3. The Bertz CT molecular complexity index is 1320. The average molecular weight is 948 g/mol. The minimum absolute atomic E-state index is 0.0990. The molecule has 0 aromatic heterocycles. The third kappa shape index (κ3) is 53.5. The smallest absolute Gasteiger partial charge is 0.306 e. The van der Waals surface area contributed by atoms with Gasteiger partial charge in [0.2, 0.25) is 0 Å². The number of rotatable bonds is 51. The largest absolute Gasteiger partial charge is 0.462 e. The van der Waals surface area contributed by atoms with Crippen LogP contribution in [0.4, 0.5) is 0 Å². The van der Waals surface area contributed by atoms with Crippen molar-refractivity contribution in [3.8, 4) is 0 Å². The van der Waals surface area contributed by atoms with Gasteiger partial charge >= 0.3 is 17.9 Å². The lowest BCUT2D eigenvalue weighted by Crippen LogP contribution is -2.30. The molecule has 0 aromatic carbocycles. The fourth-order valence-corrected chi connectivity index (χ4v) is 7.99. The van der Waals surface area contributed by atoms with Crippen molar-refractivity contribution >= 4 is 17.9 Å². The van der Waals surface area contributed by atoms with Crippen molar-refractivity contribution in [1.82, 2.24) is 0 Å². The summed E-state index contributed by atoms with van der Waals surface area (Å²) in [7, 11) is 0. The maximum atomic E-state index is 12.9. The van der Waals surface area contributed by atoms with E-state index in [-0.39, 0.29) is 37.5 Å². The second-order valence-electron chi connectivity index (χ2n) is 19.0. The number of hydrogen-bond donors (Lipinski definition) is 0. The van der Waals surface area contributed by atoms with E-state index in [0.717, 1.165) is 51.4 Å². The Hall–Kier alpha value is -3.41. The molecule has 0 radical (unpaired) electrons. The lowest BCUT2D eigenvalue weighted by Gasteiger charge is -2.18. The molecular weight excluding hydrogens is 841 g/mol. The quantitative estimate of drug-likeness (QED) is 0.0262. The van der Waals surface area contributed by atoms with Gasteiger partial charge in [-0.25, -0.2) is 0 Å². The van der Waals surface area contributed by atoms with Crippen LogP contribution in [0.25, 0.3) is 0 Å². The van der Waals surface area contributed by atoms with Crippen LogP contribution in [0.3, 0.4) is 0 Å². The molecule has 0 rings (SSSR count). The van der Waals surface area contributed by atoms with Crippen molar-refractivity contribution in [2.75, 3.05) is 13.2 Å². The number of allylic oxidation sites excluding steroid dienone is 14. The van der Waals surface area contributed by atoms with Crippen LogP contribution in [0.15, 0.2) is 85.1 Å². The van der Waals surface area contributed by atoms with E-state index in [9.17, 15) is 14.4 Å². The maximum absolute atomic E-state index is 12.9. The molecule has 0 amide bonds. The van der Waals surface area contributed by atoms with Crippen LogP contribution >= 0.6 is 0 Å². The van der Waals surface area contributed by atoms with E-state index >= 15 is 0 Å². The van der Waals surface area contributed by atoms with E-state index in [1.807, 2.05) is 54.7 Å². The van der Waals surface area contributed by atoms with E-state index in [4.69, 9.17) is 14.2 Å². The van der Waals surface area contributed by atoms with Gasteiger partial charge in [0.1, 0.15) is 13.2 Å². The zero-order valence-corrected chi connectivity index (χ0v) is 44.6. The summed E-state index contributed by atoms with van der Waals surface area (Å²) in [6, 6.07) is 0. The molecule has 390 valence electrons. The molecule has 0 saturated carbocycles. The Morgan fingerprint density at radius 1 is 0.309 bits per heavy atom. The van der Waals surface area contributed by atoms with Crippen molar-refractivity contribution in [2.24, 2.45) is 0 Å². The van der Waals surface area contributed by atoms with Gasteiger partial charge in [-0.15, -0.1) is 0 Å². The summed E-state index contributed by atoms with van der Waals surface area (Å²) in [6.07, 6.45) is 73.0. The Morgan fingerprint density at radius 2 is 0.588 bits per heavy atom. The molecule has 0 saturated heterocycles. The number of hydrogen-bond acceptors (Lipinski definition) is 6. The van der Waals surface area contributed by atoms with Crippen LogP contribution in [0, 0.1) is 0 Å². The fraction of sp³-hybridized carbons (Fsp3) is 0.726. The number of carbonyl (C=O) groups excluding carboxylic acids is 3. The molecular formula is C62H106O6. The summed E-state index contributed by atoms with van der Waals surface area (Å²) >= 11 is 0. The van der Waals surface area contributed by atoms with Crippen molar-refractivity contribution in [2.45, 2.75) is 277 Å². The summed E-state index contributed by atoms with van der Waals surface area (Å²) in [4.78, 5) is 38.1. The first-order valence-corrected chi connectivity index (χ1v) is 28.7. The van der Waals surface area contributed by atoms with Crippen molar-refractivity contribution in [3.05, 3.63) is 85.1 Å². The van der Waals surface area contributed by atoms with Crippen LogP contribution < -0.4 is 0 Å². The molecule has 0 aliphatic carbocycles. The zero-order valence-electron chi connectivity index (χ0n) is 44.6. The molecule has 0 aromatic rings. The SMILES string of the molecule is CC/C=C/C=C/C=C/C=C/C=C/CCCC(=O)OCC(COC(=O)CCCCCCCCCCCC/C=C/C=C/CCCCC)OC(=O)CCCCCCCCCCCCCCCCCCCC. The Kier molecular flexibility index (Phi) is 53.4. The normalized spacial score (nSPS) is 12.7. The highest BCUT2D eigenvalue weighted by atomic mass is 16.6. The predicted octanol–water partition coefficient (Wildman–Crippen LogP) is 19.2. The monoisotopic (exact) mass is 947 g/mol. The number of esters is 3. The average Bonchev–Trinajstić information content (AvgIpc) is 3.34. The van der Waals surface area contributed by atoms with Crippen LogP contribution in [0.5, 0.6) is 0 Å². The number of carbonyl (C=O) groups is 3. The van der Waals surface area contributed by atoms with Crippen LogP contribution in [-0.4, -0.2) is 37.2 Å². The van der Waals surface area contributed by atoms with Crippen molar-refractivity contribution in [3.63, 3.8) is 0 Å². The van der Waals surface area contributed by atoms with Crippen LogP contribution in [-0.2, 0) is 28.6 Å². The molecule has 68 heavy (non-hydrogen) atoms. The van der Waals surface area contributed by atoms with Gasteiger partial charge in [-0.1, -0.05) is 279 Å². The van der Waals surface area contributed by atoms with Crippen molar-refractivity contribution in [1.29, 1.82) is 0 Å². The first-order valence-electron chi connectivity index (χ1n) is 28.7. The van der Waals surface area contributed by atoms with Gasteiger partial charge in [0, 0.05) is 19.3 Å². The highest BCUT2D eigenvalue weighted by Gasteiger charge is 2.19. The molecule has 0 fully saturated rings. The van der Waals surface area contributed by atoms with E-state index < -0.39 is 6.10 Å². The van der Waals surface area contributed by atoms with Gasteiger partial charge < -0.3 is 14.2 Å². The van der Waals surface area contributed by atoms with Crippen molar-refractivity contribution < 1.29 is 28.6 Å². The standard InChI is InChI=1S/C62H106O6/c1-4-7-10-13-16-19-22-25-27-29-31-33-34-37-40-43-46-49-52-55-61(64)67-58-59(57-66-60(63)54-51-48-45-42-39-36-24-21-18-15-12-9-6-3)68-62(65)56-53-50-47-44-41-38-35-32-30-28-26-23-20-17-14-11-8-5-2/h9,12,15-16,18-19,21-22,24-25,36,39,42,45,59H,4-8,10-11,13-14,17,20,23,26-35,37-38,40-41,43-44,46-58H2,1-3H3/b12-9+,18-15+,19-16+,24-21+,25-22+,39-36+,45-42+. The Balaban J connectivity index is 4.41. The first kappa shape index (κ1) is 64.6. The molecule has 1 unspecified atom stereocenters. The minimum atomic E-state index is -0.805. The van der Waals surface area contributed by atoms with Gasteiger partial charge in [-0.3, -0.25) is 14.4 Å². The summed E-state index contributed by atoms with van der Waals surface area (Å²) < 4.78 is 16.8. The molecule has 6 nitrogen and oxygen atoms in total. The van der Waals surface area contributed by atoms with Gasteiger partial charge in [0.25, 0.3) is 0 Å². The molecule has 0 aliphatic heterocycles. The summed E-state index contributed by atoms with van der Waals surface area (Å²) in [6.45, 7) is 6.42. The van der Waals surface area contributed by atoms with E-state index in [2.05, 4.69) is 51.2 Å². The fourth-order valence-electron chi connectivity index (χ4n) is 7.99. The third-order valence-corrected chi connectivity index (χ3v) is 12.3. The molecule has 0 bridgehead atoms.